The first-order valence-electron chi connectivity index (χ1n) is 18.0. The van der Waals surface area contributed by atoms with Crippen molar-refractivity contribution in [3.8, 4) is 0 Å². The Labute approximate surface area is 305 Å². The van der Waals surface area contributed by atoms with Crippen LogP contribution in [-0.4, -0.2) is 146 Å². The van der Waals surface area contributed by atoms with Crippen LogP contribution in [0.5, 0.6) is 0 Å². The average molecular weight is 730 g/mol. The minimum absolute atomic E-state index is 0.00116. The average Bonchev–Trinajstić information content (AvgIpc) is 3.53. The van der Waals surface area contributed by atoms with Crippen LogP contribution in [0.3, 0.4) is 0 Å². The van der Waals surface area contributed by atoms with Crippen LogP contribution < -0.4 is 10.6 Å². The van der Waals surface area contributed by atoms with Gasteiger partial charge in [0.2, 0.25) is 23.6 Å². The lowest BCUT2D eigenvalue weighted by atomic mass is 9.89. The Kier molecular flexibility index (Phi) is 19.9. The first-order chi connectivity index (χ1) is 23.4. The molecule has 1 saturated heterocycles. The standard InChI is InChI=1S/C36H67N5O8S/c1-14-23(6)31(40(10)35(45)29(21(2)3)38-34(44)30(22(4)5)39(8)9)27(48-11)20-28(42)41-18-15-16-26(41)32(49-12)24(7)33(43)37-25(36(46)47)17-19-50-13/h21-27,29-32H,14-20H2,1-13H3,(H,37,43)(H,38,44)(H,46,47)/t23-,24+,25-,26-,27+,29-,30-,31-,32+/m0/s1. The van der Waals surface area contributed by atoms with E-state index < -0.39 is 60.2 Å². The number of carboxylic acids is 1. The summed E-state index contributed by atoms with van der Waals surface area (Å²) in [6, 6.07) is -3.04. The summed E-state index contributed by atoms with van der Waals surface area (Å²) in [5.41, 5.74) is 0. The molecular weight excluding hydrogens is 662 g/mol. The normalized spacial score (nSPS) is 19.8. The number of carbonyl (C=O) groups excluding carboxylic acids is 4. The molecule has 0 aliphatic carbocycles. The fourth-order valence-electron chi connectivity index (χ4n) is 7.21. The van der Waals surface area contributed by atoms with Gasteiger partial charge in [-0.15, -0.1) is 0 Å². The molecule has 9 atom stereocenters. The van der Waals surface area contributed by atoms with E-state index in [-0.39, 0.29) is 41.9 Å². The van der Waals surface area contributed by atoms with Gasteiger partial charge in [-0.2, -0.15) is 11.8 Å². The molecule has 290 valence electrons. The van der Waals surface area contributed by atoms with Crippen molar-refractivity contribution in [1.29, 1.82) is 0 Å². The molecule has 0 unspecified atom stereocenters. The molecule has 0 saturated carbocycles. The van der Waals surface area contributed by atoms with Crippen molar-refractivity contribution in [2.75, 3.05) is 53.9 Å². The number of ether oxygens (including phenoxy) is 2. The monoisotopic (exact) mass is 729 g/mol. The summed E-state index contributed by atoms with van der Waals surface area (Å²) >= 11 is 1.51. The van der Waals surface area contributed by atoms with Crippen LogP contribution in [0, 0.1) is 23.7 Å². The lowest BCUT2D eigenvalue weighted by molar-refractivity contribution is -0.148. The van der Waals surface area contributed by atoms with E-state index in [1.165, 1.54) is 18.9 Å². The molecule has 0 aromatic heterocycles. The van der Waals surface area contributed by atoms with E-state index in [2.05, 4.69) is 10.6 Å². The highest BCUT2D eigenvalue weighted by atomic mass is 32.2. The summed E-state index contributed by atoms with van der Waals surface area (Å²) in [4.78, 5) is 71.8. The Morgan fingerprint density at radius 2 is 1.56 bits per heavy atom. The predicted molar refractivity (Wildman–Crippen MR) is 198 cm³/mol. The Morgan fingerprint density at radius 3 is 2.02 bits per heavy atom. The minimum atomic E-state index is -1.09. The Balaban J connectivity index is 3.26. The molecule has 1 fully saturated rings. The maximum atomic E-state index is 14.2. The third kappa shape index (κ3) is 12.4. The predicted octanol–water partition coefficient (Wildman–Crippen LogP) is 2.96. The second-order valence-corrected chi connectivity index (χ2v) is 15.6. The molecule has 3 N–H and O–H groups in total. The van der Waals surface area contributed by atoms with Crippen LogP contribution in [-0.2, 0) is 33.4 Å². The molecule has 50 heavy (non-hydrogen) atoms. The molecular formula is C36H67N5O8S. The number of rotatable bonds is 22. The summed E-state index contributed by atoms with van der Waals surface area (Å²) in [5.74, 6) is -2.46. The Morgan fingerprint density at radius 1 is 0.940 bits per heavy atom. The molecule has 4 amide bonds. The quantitative estimate of drug-likeness (QED) is 0.151. The van der Waals surface area contributed by atoms with Gasteiger partial charge in [0, 0.05) is 27.8 Å². The summed E-state index contributed by atoms with van der Waals surface area (Å²) in [7, 11) is 8.45. The van der Waals surface area contributed by atoms with Crippen LogP contribution in [0.15, 0.2) is 0 Å². The van der Waals surface area contributed by atoms with Gasteiger partial charge in [0.25, 0.3) is 0 Å². The lowest BCUT2D eigenvalue weighted by Gasteiger charge is -2.41. The number of carbonyl (C=O) groups is 5. The van der Waals surface area contributed by atoms with Gasteiger partial charge in [0.05, 0.1) is 42.7 Å². The Hall–Kier alpha value is -2.42. The van der Waals surface area contributed by atoms with Gasteiger partial charge in [-0.05, 0) is 63.1 Å². The van der Waals surface area contributed by atoms with Crippen molar-refractivity contribution < 1.29 is 38.6 Å². The molecule has 13 nitrogen and oxygen atoms in total. The third-order valence-corrected chi connectivity index (χ3v) is 10.8. The van der Waals surface area contributed by atoms with Gasteiger partial charge >= 0.3 is 5.97 Å². The summed E-state index contributed by atoms with van der Waals surface area (Å²) in [6.07, 6.45) is 2.96. The largest absolute Gasteiger partial charge is 0.480 e. The summed E-state index contributed by atoms with van der Waals surface area (Å²) in [6.45, 7) is 14.0. The number of nitrogens with one attached hydrogen (secondary N) is 2. The molecule has 1 aliphatic heterocycles. The van der Waals surface area contributed by atoms with Gasteiger partial charge < -0.3 is 35.0 Å². The van der Waals surface area contributed by atoms with E-state index >= 15 is 0 Å². The number of carboxylic acid groups (broad SMARTS) is 1. The second-order valence-electron chi connectivity index (χ2n) is 14.7. The fourth-order valence-corrected chi connectivity index (χ4v) is 7.68. The molecule has 0 radical (unpaired) electrons. The van der Waals surface area contributed by atoms with Crippen LogP contribution in [0.25, 0.3) is 0 Å². The number of methoxy groups -OCH3 is 2. The lowest BCUT2D eigenvalue weighted by Crippen LogP contribution is -2.59. The van der Waals surface area contributed by atoms with Gasteiger partial charge in [0.15, 0.2) is 0 Å². The van der Waals surface area contributed by atoms with E-state index in [1.807, 2.05) is 66.8 Å². The first-order valence-corrected chi connectivity index (χ1v) is 19.4. The van der Waals surface area contributed by atoms with Crippen molar-refractivity contribution in [2.24, 2.45) is 23.7 Å². The molecule has 14 heteroatoms. The fraction of sp³-hybridized carbons (Fsp3) is 0.861. The van der Waals surface area contributed by atoms with Gasteiger partial charge in [-0.1, -0.05) is 54.9 Å². The summed E-state index contributed by atoms with van der Waals surface area (Å²) < 4.78 is 11.8. The van der Waals surface area contributed by atoms with Crippen molar-refractivity contribution >= 4 is 41.4 Å². The van der Waals surface area contributed by atoms with Crippen molar-refractivity contribution in [1.82, 2.24) is 25.3 Å². The van der Waals surface area contributed by atoms with Crippen molar-refractivity contribution in [3.63, 3.8) is 0 Å². The summed E-state index contributed by atoms with van der Waals surface area (Å²) in [5, 5.41) is 15.3. The maximum absolute atomic E-state index is 14.2. The second kappa shape index (κ2) is 21.8. The Bertz CT molecular complexity index is 1100. The van der Waals surface area contributed by atoms with Crippen molar-refractivity contribution in [3.05, 3.63) is 0 Å². The highest BCUT2D eigenvalue weighted by Gasteiger charge is 2.43. The molecule has 0 aromatic carbocycles. The number of hydrogen-bond acceptors (Lipinski definition) is 9. The zero-order chi connectivity index (χ0) is 38.5. The van der Waals surface area contributed by atoms with E-state index in [0.717, 1.165) is 12.8 Å². The smallest absolute Gasteiger partial charge is 0.326 e. The number of aliphatic carboxylic acids is 1. The van der Waals surface area contributed by atoms with E-state index in [4.69, 9.17) is 9.47 Å². The molecule has 0 spiro atoms. The number of likely N-dealkylation sites (N-methyl/N-ethyl adjacent to an activating group) is 2. The van der Waals surface area contributed by atoms with Crippen LogP contribution in [0.1, 0.15) is 80.6 Å². The van der Waals surface area contributed by atoms with E-state index in [1.54, 1.807) is 30.9 Å². The van der Waals surface area contributed by atoms with E-state index in [9.17, 15) is 29.1 Å². The van der Waals surface area contributed by atoms with Crippen LogP contribution >= 0.6 is 11.8 Å². The van der Waals surface area contributed by atoms with Gasteiger partial charge in [-0.3, -0.25) is 24.1 Å². The van der Waals surface area contributed by atoms with Crippen LogP contribution in [0.2, 0.25) is 0 Å². The zero-order valence-electron chi connectivity index (χ0n) is 32.9. The molecule has 1 rings (SSSR count). The van der Waals surface area contributed by atoms with Crippen molar-refractivity contribution in [2.45, 2.75) is 123 Å². The number of amides is 4. The number of nitrogens with zero attached hydrogens (tertiary/aromatic N) is 3. The SMILES string of the molecule is CC[C@H](C)[C@@H]([C@@H](CC(=O)N1CCC[C@H]1[C@H](OC)[C@@H](C)C(=O)N[C@@H](CCSC)C(=O)O)OC)N(C)C(=O)[C@@H](NC(=O)[C@H](C(C)C)N(C)C)C(C)C. The molecule has 1 aliphatic rings. The molecule has 0 aromatic rings. The number of likely N-dealkylation sites (tertiary alicyclic amines) is 1. The highest BCUT2D eigenvalue weighted by molar-refractivity contribution is 7.98. The van der Waals surface area contributed by atoms with Crippen LogP contribution in [0.4, 0.5) is 0 Å². The third-order valence-electron chi connectivity index (χ3n) is 10.2. The van der Waals surface area contributed by atoms with E-state index in [0.29, 0.717) is 25.1 Å². The molecule has 1 heterocycles. The molecule has 0 bridgehead atoms. The maximum Gasteiger partial charge on any atom is 0.326 e. The number of thioether (sulfide) groups is 1. The first kappa shape index (κ1) is 45.6. The van der Waals surface area contributed by atoms with Gasteiger partial charge in [0.1, 0.15) is 12.1 Å². The highest BCUT2D eigenvalue weighted by Crippen LogP contribution is 2.30. The minimum Gasteiger partial charge on any atom is -0.480 e. The zero-order valence-corrected chi connectivity index (χ0v) is 33.7. The topological polar surface area (TPSA) is 158 Å². The number of hydrogen-bond donors (Lipinski definition) is 3. The van der Waals surface area contributed by atoms with Gasteiger partial charge in [-0.25, -0.2) is 4.79 Å².